The summed E-state index contributed by atoms with van der Waals surface area (Å²) in [7, 11) is 0. The lowest BCUT2D eigenvalue weighted by atomic mass is 10.0. The summed E-state index contributed by atoms with van der Waals surface area (Å²) in [6.45, 7) is 6.51. The summed E-state index contributed by atoms with van der Waals surface area (Å²) in [5, 5.41) is 1.85. The van der Waals surface area contributed by atoms with Gasteiger partial charge in [0.15, 0.2) is 5.16 Å². The molecule has 8 heteroatoms. The zero-order valence-corrected chi connectivity index (χ0v) is 20.1. The molecule has 0 spiro atoms. The van der Waals surface area contributed by atoms with Crippen molar-refractivity contribution in [1.29, 1.82) is 0 Å². The third-order valence-corrected chi connectivity index (χ3v) is 7.59. The Hall–Kier alpha value is -3.23. The minimum absolute atomic E-state index is 0.0564. The minimum Gasteiger partial charge on any atom is -0.309 e. The Morgan fingerprint density at radius 1 is 1.03 bits per heavy atom. The molecule has 0 atom stereocenters. The van der Waals surface area contributed by atoms with Crippen molar-refractivity contribution in [2.45, 2.75) is 38.2 Å². The van der Waals surface area contributed by atoms with Gasteiger partial charge in [-0.2, -0.15) is 0 Å². The van der Waals surface area contributed by atoms with E-state index in [0.717, 1.165) is 20.8 Å². The maximum atomic E-state index is 13.1. The number of fused-ring (bicyclic) bond motifs is 2. The molecule has 0 fully saturated rings. The number of nitrogens with zero attached hydrogens (tertiary/aromatic N) is 3. The third-order valence-electron chi connectivity index (χ3n) is 5.61. The van der Waals surface area contributed by atoms with Crippen molar-refractivity contribution in [2.75, 3.05) is 0 Å². The molecule has 5 rings (SSSR count). The van der Waals surface area contributed by atoms with E-state index in [4.69, 9.17) is 4.98 Å². The summed E-state index contributed by atoms with van der Waals surface area (Å²) in [6, 6.07) is 15.5. The Morgan fingerprint density at radius 2 is 1.79 bits per heavy atom. The predicted octanol–water partition coefficient (Wildman–Crippen LogP) is 5.29. The van der Waals surface area contributed by atoms with Crippen LogP contribution in [0.2, 0.25) is 0 Å². The number of aromatic amines is 1. The fraction of sp³-hybridized carbons (Fsp3) is 0.200. The van der Waals surface area contributed by atoms with Crippen molar-refractivity contribution in [1.82, 2.24) is 19.5 Å². The fourth-order valence-corrected chi connectivity index (χ4v) is 5.97. The van der Waals surface area contributed by atoms with Crippen molar-refractivity contribution in [3.05, 3.63) is 85.5 Å². The first-order valence-electron chi connectivity index (χ1n) is 10.7. The van der Waals surface area contributed by atoms with E-state index in [1.54, 1.807) is 10.6 Å². The van der Waals surface area contributed by atoms with Crippen LogP contribution < -0.4 is 11.1 Å². The van der Waals surface area contributed by atoms with Crippen LogP contribution in [-0.2, 0) is 12.3 Å². The number of H-pyrrole nitrogens is 1. The molecule has 166 valence electrons. The van der Waals surface area contributed by atoms with Gasteiger partial charge in [-0.05, 0) is 38.5 Å². The maximum absolute atomic E-state index is 13.1. The molecule has 0 saturated carbocycles. The maximum Gasteiger partial charge on any atom is 0.262 e. The highest BCUT2D eigenvalue weighted by atomic mass is 32.2. The van der Waals surface area contributed by atoms with Gasteiger partial charge >= 0.3 is 0 Å². The van der Waals surface area contributed by atoms with Crippen LogP contribution in [-0.4, -0.2) is 19.5 Å². The molecule has 0 bridgehead atoms. The normalized spacial score (nSPS) is 11.5. The summed E-state index contributed by atoms with van der Waals surface area (Å²) in [5.74, 6) is 0.978. The zero-order chi connectivity index (χ0) is 23.1. The Morgan fingerprint density at radius 3 is 2.55 bits per heavy atom. The molecule has 6 nitrogen and oxygen atoms in total. The molecular weight excluding hydrogens is 452 g/mol. The second-order valence-electron chi connectivity index (χ2n) is 7.84. The second kappa shape index (κ2) is 8.61. The molecule has 0 aliphatic rings. The molecule has 1 N–H and O–H groups in total. The molecule has 0 saturated heterocycles. The van der Waals surface area contributed by atoms with E-state index >= 15 is 0 Å². The van der Waals surface area contributed by atoms with Crippen LogP contribution in [0, 0.1) is 13.8 Å². The topological polar surface area (TPSA) is 80.6 Å². The number of benzene rings is 2. The van der Waals surface area contributed by atoms with Gasteiger partial charge in [-0.15, -0.1) is 11.3 Å². The van der Waals surface area contributed by atoms with Gasteiger partial charge in [0.25, 0.3) is 11.1 Å². The van der Waals surface area contributed by atoms with Crippen molar-refractivity contribution in [3.63, 3.8) is 0 Å². The first-order chi connectivity index (χ1) is 16.0. The van der Waals surface area contributed by atoms with Crippen LogP contribution in [0.3, 0.4) is 0 Å². The van der Waals surface area contributed by atoms with Crippen molar-refractivity contribution < 1.29 is 0 Å². The highest BCUT2D eigenvalue weighted by molar-refractivity contribution is 7.98. The van der Waals surface area contributed by atoms with Crippen LogP contribution in [0.25, 0.3) is 32.2 Å². The molecule has 3 heterocycles. The Labute approximate surface area is 198 Å². The monoisotopic (exact) mass is 474 g/mol. The van der Waals surface area contributed by atoms with E-state index in [0.29, 0.717) is 39.6 Å². The lowest BCUT2D eigenvalue weighted by Crippen LogP contribution is -2.22. The predicted molar refractivity (Wildman–Crippen MR) is 136 cm³/mol. The van der Waals surface area contributed by atoms with Crippen LogP contribution >= 0.6 is 23.1 Å². The highest BCUT2D eigenvalue weighted by Crippen LogP contribution is 2.35. The molecule has 2 aromatic carbocycles. The molecule has 5 aromatic rings. The fourth-order valence-electron chi connectivity index (χ4n) is 3.97. The molecule has 0 amide bonds. The largest absolute Gasteiger partial charge is 0.309 e. The average Bonchev–Trinajstić information content (AvgIpc) is 3.14. The third kappa shape index (κ3) is 3.89. The number of hydrogen-bond donors (Lipinski definition) is 1. The summed E-state index contributed by atoms with van der Waals surface area (Å²) < 4.78 is 1.66. The van der Waals surface area contributed by atoms with Gasteiger partial charge < -0.3 is 4.98 Å². The first-order valence-corrected chi connectivity index (χ1v) is 12.5. The lowest BCUT2D eigenvalue weighted by molar-refractivity contribution is 0.634. The van der Waals surface area contributed by atoms with Gasteiger partial charge in [0, 0.05) is 17.0 Å². The van der Waals surface area contributed by atoms with Gasteiger partial charge in [-0.25, -0.2) is 9.97 Å². The average molecular weight is 475 g/mol. The van der Waals surface area contributed by atoms with E-state index in [-0.39, 0.29) is 11.1 Å². The van der Waals surface area contributed by atoms with E-state index in [2.05, 4.69) is 22.1 Å². The van der Waals surface area contributed by atoms with Gasteiger partial charge in [-0.1, -0.05) is 53.7 Å². The van der Waals surface area contributed by atoms with Crippen molar-refractivity contribution in [2.24, 2.45) is 0 Å². The van der Waals surface area contributed by atoms with Gasteiger partial charge in [0.05, 0.1) is 22.0 Å². The number of hydrogen-bond acceptors (Lipinski definition) is 6. The highest BCUT2D eigenvalue weighted by Gasteiger charge is 2.17. The number of para-hydroxylation sites is 1. The second-order valence-corrected chi connectivity index (χ2v) is 9.99. The Kier molecular flexibility index (Phi) is 5.64. The molecule has 33 heavy (non-hydrogen) atoms. The summed E-state index contributed by atoms with van der Waals surface area (Å²) in [4.78, 5) is 40.1. The Bertz CT molecular complexity index is 1610. The number of thioether (sulfide) groups is 1. The Balaban J connectivity index is 1.52. The summed E-state index contributed by atoms with van der Waals surface area (Å²) in [6.07, 6.45) is 0. The van der Waals surface area contributed by atoms with Gasteiger partial charge in [0.1, 0.15) is 10.7 Å². The first kappa shape index (κ1) is 21.6. The SMILES string of the molecule is CCn1c(SCc2nc3sc(C)c(-c4ccc(C)cc4)c3c(=O)[nH]2)nc2ccccc2c1=O. The van der Waals surface area contributed by atoms with Crippen LogP contribution in [0.5, 0.6) is 0 Å². The zero-order valence-electron chi connectivity index (χ0n) is 18.5. The number of aryl methyl sites for hydroxylation is 2. The number of thiophene rings is 1. The van der Waals surface area contributed by atoms with Crippen LogP contribution in [0.15, 0.2) is 63.3 Å². The van der Waals surface area contributed by atoms with Crippen LogP contribution in [0.1, 0.15) is 23.2 Å². The molecule has 3 aromatic heterocycles. The molecule has 0 radical (unpaired) electrons. The minimum atomic E-state index is -0.144. The molecule has 0 aliphatic heterocycles. The van der Waals surface area contributed by atoms with Gasteiger partial charge in [-0.3, -0.25) is 14.2 Å². The smallest absolute Gasteiger partial charge is 0.262 e. The van der Waals surface area contributed by atoms with E-state index < -0.39 is 0 Å². The number of aromatic nitrogens is 4. The van der Waals surface area contributed by atoms with Crippen molar-refractivity contribution >= 4 is 44.2 Å². The lowest BCUT2D eigenvalue weighted by Gasteiger charge is -2.11. The van der Waals surface area contributed by atoms with Crippen molar-refractivity contribution in [3.8, 4) is 11.1 Å². The molecule has 0 aliphatic carbocycles. The van der Waals surface area contributed by atoms with E-state index in [1.807, 2.05) is 51.1 Å². The number of rotatable bonds is 5. The van der Waals surface area contributed by atoms with Crippen LogP contribution in [0.4, 0.5) is 0 Å². The summed E-state index contributed by atoms with van der Waals surface area (Å²) >= 11 is 2.93. The molecular formula is C25H22N4O2S2. The summed E-state index contributed by atoms with van der Waals surface area (Å²) in [5.41, 5.74) is 3.61. The quantitative estimate of drug-likeness (QED) is 0.276. The standard InChI is InChI=1S/C25H22N4O2S2/c1-4-29-24(31)17-7-5-6-8-18(17)26-25(29)32-13-19-27-22(30)21-20(15(3)33-23(21)28-19)16-11-9-14(2)10-12-16/h5-12H,4,13H2,1-3H3,(H,27,28,30). The number of nitrogens with one attached hydrogen (secondary N) is 1. The van der Waals surface area contributed by atoms with Gasteiger partial charge in [0.2, 0.25) is 0 Å². The van der Waals surface area contributed by atoms with E-state index in [9.17, 15) is 9.59 Å². The van der Waals surface area contributed by atoms with E-state index in [1.165, 1.54) is 28.7 Å². The molecule has 0 unspecified atom stereocenters.